The van der Waals surface area contributed by atoms with Crippen LogP contribution in [-0.4, -0.2) is 34.1 Å². The molecule has 6 heteroatoms. The zero-order chi connectivity index (χ0) is 13.6. The van der Waals surface area contributed by atoms with E-state index >= 15 is 0 Å². The molecule has 19 heavy (non-hydrogen) atoms. The molecule has 0 bridgehead atoms. The molecule has 0 aromatic carbocycles. The molecule has 2 aliphatic rings. The van der Waals surface area contributed by atoms with Crippen molar-refractivity contribution in [1.29, 1.82) is 0 Å². The number of carbonyl (C=O) groups is 1. The van der Waals surface area contributed by atoms with Gasteiger partial charge in [-0.3, -0.25) is 9.59 Å². The summed E-state index contributed by atoms with van der Waals surface area (Å²) in [5, 5.41) is 8.95. The van der Waals surface area contributed by atoms with Gasteiger partial charge < -0.3 is 15.0 Å². The number of hydrogen-bond acceptors (Lipinski definition) is 4. The fraction of sp³-hybridized carbons (Fsp3) is 0.615. The summed E-state index contributed by atoms with van der Waals surface area (Å²) in [6.45, 7) is 3.05. The number of aliphatic carboxylic acids is 1. The molecule has 3 rings (SSSR count). The molecule has 2 heterocycles. The molecule has 1 aliphatic carbocycles. The SMILES string of the molecule is CC(C(=O)O)C1CN(c2cc(=O)[nH]c(C3CC3)n2)C1. The van der Waals surface area contributed by atoms with E-state index in [-0.39, 0.29) is 17.4 Å². The van der Waals surface area contributed by atoms with Crippen molar-refractivity contribution in [3.05, 3.63) is 22.2 Å². The van der Waals surface area contributed by atoms with Crippen molar-refractivity contribution in [3.8, 4) is 0 Å². The Morgan fingerprint density at radius 3 is 2.79 bits per heavy atom. The molecule has 1 aromatic rings. The smallest absolute Gasteiger partial charge is 0.306 e. The molecule has 1 atom stereocenters. The minimum absolute atomic E-state index is 0.123. The van der Waals surface area contributed by atoms with Gasteiger partial charge in [-0.15, -0.1) is 0 Å². The highest BCUT2D eigenvalue weighted by Crippen LogP contribution is 2.38. The second kappa shape index (κ2) is 4.36. The maximum Gasteiger partial charge on any atom is 0.306 e. The molecule has 1 saturated heterocycles. The van der Waals surface area contributed by atoms with E-state index in [2.05, 4.69) is 9.97 Å². The number of anilines is 1. The first-order valence-electron chi connectivity index (χ1n) is 6.63. The van der Waals surface area contributed by atoms with Crippen molar-refractivity contribution >= 4 is 11.8 Å². The van der Waals surface area contributed by atoms with E-state index in [0.717, 1.165) is 18.7 Å². The van der Waals surface area contributed by atoms with Gasteiger partial charge in [-0.05, 0) is 12.8 Å². The summed E-state index contributed by atoms with van der Waals surface area (Å²) in [5.41, 5.74) is -0.123. The Morgan fingerprint density at radius 2 is 2.21 bits per heavy atom. The van der Waals surface area contributed by atoms with Gasteiger partial charge in [-0.1, -0.05) is 6.92 Å². The number of rotatable bonds is 4. The van der Waals surface area contributed by atoms with E-state index in [1.807, 2.05) is 4.90 Å². The zero-order valence-electron chi connectivity index (χ0n) is 10.8. The minimum atomic E-state index is -0.762. The maximum absolute atomic E-state index is 11.6. The van der Waals surface area contributed by atoms with Crippen LogP contribution in [0.5, 0.6) is 0 Å². The summed E-state index contributed by atoms with van der Waals surface area (Å²) >= 11 is 0. The summed E-state index contributed by atoms with van der Waals surface area (Å²) in [4.78, 5) is 31.7. The van der Waals surface area contributed by atoms with Gasteiger partial charge in [0.05, 0.1) is 5.92 Å². The Labute approximate surface area is 110 Å². The van der Waals surface area contributed by atoms with Crippen LogP contribution in [0.15, 0.2) is 10.9 Å². The molecule has 6 nitrogen and oxygen atoms in total. The lowest BCUT2D eigenvalue weighted by Crippen LogP contribution is -2.51. The van der Waals surface area contributed by atoms with Gasteiger partial charge in [-0.2, -0.15) is 0 Å². The summed E-state index contributed by atoms with van der Waals surface area (Å²) in [5.74, 6) is 0.894. The van der Waals surface area contributed by atoms with Crippen LogP contribution >= 0.6 is 0 Å². The Balaban J connectivity index is 1.71. The number of nitrogens with zero attached hydrogens (tertiary/aromatic N) is 2. The van der Waals surface area contributed by atoms with Gasteiger partial charge in [0.15, 0.2) is 0 Å². The second-order valence-electron chi connectivity index (χ2n) is 5.56. The van der Waals surface area contributed by atoms with Crippen LogP contribution in [0.1, 0.15) is 31.5 Å². The van der Waals surface area contributed by atoms with E-state index in [9.17, 15) is 9.59 Å². The van der Waals surface area contributed by atoms with Crippen molar-refractivity contribution < 1.29 is 9.90 Å². The lowest BCUT2D eigenvalue weighted by Gasteiger charge is -2.42. The highest BCUT2D eigenvalue weighted by atomic mass is 16.4. The lowest BCUT2D eigenvalue weighted by molar-refractivity contribution is -0.143. The highest BCUT2D eigenvalue weighted by molar-refractivity contribution is 5.70. The van der Waals surface area contributed by atoms with E-state index in [4.69, 9.17) is 5.11 Å². The Hall–Kier alpha value is -1.85. The average Bonchev–Trinajstić information content (AvgIpc) is 3.09. The van der Waals surface area contributed by atoms with Crippen LogP contribution in [0.4, 0.5) is 5.82 Å². The van der Waals surface area contributed by atoms with Gasteiger partial charge in [0.1, 0.15) is 11.6 Å². The molecule has 1 aliphatic heterocycles. The molecule has 1 saturated carbocycles. The standard InChI is InChI=1S/C13H17N3O3/c1-7(13(18)19)9-5-16(6-9)10-4-11(17)15-12(14-10)8-2-3-8/h4,7-9H,2-3,5-6H2,1H3,(H,18,19)(H,14,15,17). The fourth-order valence-corrected chi connectivity index (χ4v) is 2.39. The monoisotopic (exact) mass is 263 g/mol. The first-order valence-corrected chi connectivity index (χ1v) is 6.63. The first-order chi connectivity index (χ1) is 9.04. The molecule has 102 valence electrons. The van der Waals surface area contributed by atoms with Crippen LogP contribution in [0, 0.1) is 11.8 Å². The highest BCUT2D eigenvalue weighted by Gasteiger charge is 2.36. The number of aromatic nitrogens is 2. The molecule has 0 radical (unpaired) electrons. The third-order valence-electron chi connectivity index (χ3n) is 4.04. The Morgan fingerprint density at radius 1 is 1.53 bits per heavy atom. The summed E-state index contributed by atoms with van der Waals surface area (Å²) in [6, 6.07) is 1.49. The Bertz CT molecular complexity index is 558. The number of hydrogen-bond donors (Lipinski definition) is 2. The molecule has 2 fully saturated rings. The fourth-order valence-electron chi connectivity index (χ4n) is 2.39. The van der Waals surface area contributed by atoms with Crippen LogP contribution in [-0.2, 0) is 4.79 Å². The molecular formula is C13H17N3O3. The zero-order valence-corrected chi connectivity index (χ0v) is 10.8. The number of carboxylic acids is 1. The summed E-state index contributed by atoms with van der Waals surface area (Å²) < 4.78 is 0. The van der Waals surface area contributed by atoms with Crippen LogP contribution in [0.3, 0.4) is 0 Å². The average molecular weight is 263 g/mol. The first kappa shape index (κ1) is 12.2. The normalized spacial score (nSPS) is 21.0. The number of nitrogens with one attached hydrogen (secondary N) is 1. The third-order valence-corrected chi connectivity index (χ3v) is 4.04. The number of carboxylic acid groups (broad SMARTS) is 1. The summed E-state index contributed by atoms with van der Waals surface area (Å²) in [6.07, 6.45) is 2.18. The van der Waals surface area contributed by atoms with Crippen molar-refractivity contribution in [2.24, 2.45) is 11.8 Å². The van der Waals surface area contributed by atoms with Crippen LogP contribution in [0.25, 0.3) is 0 Å². The van der Waals surface area contributed by atoms with Gasteiger partial charge in [-0.25, -0.2) is 4.98 Å². The van der Waals surface area contributed by atoms with Crippen molar-refractivity contribution in [3.63, 3.8) is 0 Å². The van der Waals surface area contributed by atoms with Gasteiger partial charge in [0.2, 0.25) is 0 Å². The lowest BCUT2D eigenvalue weighted by atomic mass is 9.87. The molecule has 0 amide bonds. The molecule has 2 N–H and O–H groups in total. The van der Waals surface area contributed by atoms with Crippen LogP contribution < -0.4 is 10.5 Å². The number of H-pyrrole nitrogens is 1. The second-order valence-corrected chi connectivity index (χ2v) is 5.56. The Kier molecular flexibility index (Phi) is 2.80. The van der Waals surface area contributed by atoms with Gasteiger partial charge in [0.25, 0.3) is 5.56 Å². The van der Waals surface area contributed by atoms with Crippen molar-refractivity contribution in [2.45, 2.75) is 25.7 Å². The summed E-state index contributed by atoms with van der Waals surface area (Å²) in [7, 11) is 0. The molecular weight excluding hydrogens is 246 g/mol. The largest absolute Gasteiger partial charge is 0.481 e. The number of aromatic amines is 1. The van der Waals surface area contributed by atoms with E-state index < -0.39 is 5.97 Å². The van der Waals surface area contributed by atoms with E-state index in [0.29, 0.717) is 24.8 Å². The van der Waals surface area contributed by atoms with Crippen molar-refractivity contribution in [2.75, 3.05) is 18.0 Å². The minimum Gasteiger partial charge on any atom is -0.481 e. The quantitative estimate of drug-likeness (QED) is 0.839. The third kappa shape index (κ3) is 2.34. The predicted octanol–water partition coefficient (Wildman–Crippen LogP) is 0.804. The molecule has 1 aromatic heterocycles. The van der Waals surface area contributed by atoms with Gasteiger partial charge >= 0.3 is 5.97 Å². The van der Waals surface area contributed by atoms with Gasteiger partial charge in [0, 0.05) is 31.0 Å². The predicted molar refractivity (Wildman–Crippen MR) is 69.3 cm³/mol. The molecule has 0 spiro atoms. The molecule has 1 unspecified atom stereocenters. The van der Waals surface area contributed by atoms with E-state index in [1.165, 1.54) is 6.07 Å². The van der Waals surface area contributed by atoms with Crippen LogP contribution in [0.2, 0.25) is 0 Å². The van der Waals surface area contributed by atoms with Crippen molar-refractivity contribution in [1.82, 2.24) is 9.97 Å². The van der Waals surface area contributed by atoms with E-state index in [1.54, 1.807) is 6.92 Å². The maximum atomic E-state index is 11.6. The topological polar surface area (TPSA) is 86.3 Å².